The molecule has 13 heavy (non-hydrogen) atoms. The number of hydrogen-bond donors (Lipinski definition) is 1. The maximum absolute atomic E-state index is 13.3. The van der Waals surface area contributed by atoms with Crippen LogP contribution in [-0.4, -0.2) is 22.7 Å². The van der Waals surface area contributed by atoms with Crippen molar-refractivity contribution in [3.05, 3.63) is 17.0 Å². The van der Waals surface area contributed by atoms with Gasteiger partial charge in [-0.15, -0.1) is 0 Å². The summed E-state index contributed by atoms with van der Waals surface area (Å²) in [6.45, 7) is 1.87. The van der Waals surface area contributed by atoms with E-state index in [2.05, 4.69) is 10.2 Å². The van der Waals surface area contributed by atoms with Crippen molar-refractivity contribution in [1.82, 2.24) is 10.2 Å². The van der Waals surface area contributed by atoms with Gasteiger partial charge in [0.25, 0.3) is 0 Å². The molecule has 1 aromatic heterocycles. The van der Waals surface area contributed by atoms with Crippen molar-refractivity contribution in [2.45, 2.75) is 25.9 Å². The number of rotatable bonds is 1. The largest absolute Gasteiger partial charge is 0.296 e. The fourth-order valence-corrected chi connectivity index (χ4v) is 1.76. The van der Waals surface area contributed by atoms with Gasteiger partial charge in [-0.25, -0.2) is 4.39 Å². The van der Waals surface area contributed by atoms with Crippen LogP contribution >= 0.6 is 0 Å². The highest BCUT2D eigenvalue weighted by Crippen LogP contribution is 2.27. The Balaban J connectivity index is 2.39. The van der Waals surface area contributed by atoms with Gasteiger partial charge in [-0.1, -0.05) is 6.92 Å². The van der Waals surface area contributed by atoms with Gasteiger partial charge in [0, 0.05) is 17.7 Å². The van der Waals surface area contributed by atoms with Crippen LogP contribution in [0.2, 0.25) is 0 Å². The van der Waals surface area contributed by atoms with Gasteiger partial charge in [-0.2, -0.15) is 5.10 Å². The molecular weight excluding hydrogens is 171 g/mol. The molecule has 0 bridgehead atoms. The van der Waals surface area contributed by atoms with Crippen LogP contribution < -0.4 is 0 Å². The zero-order valence-corrected chi connectivity index (χ0v) is 7.38. The smallest absolute Gasteiger partial charge is 0.170 e. The van der Waals surface area contributed by atoms with Crippen molar-refractivity contribution in [3.63, 3.8) is 0 Å². The first-order valence-electron chi connectivity index (χ1n) is 4.37. The van der Waals surface area contributed by atoms with E-state index < -0.39 is 6.17 Å². The van der Waals surface area contributed by atoms with E-state index in [9.17, 15) is 9.18 Å². The molecule has 1 aliphatic rings. The second-order valence-corrected chi connectivity index (χ2v) is 3.59. The monoisotopic (exact) mass is 182 g/mol. The number of nitrogens with one attached hydrogen (secondary N) is 1. The van der Waals surface area contributed by atoms with Gasteiger partial charge < -0.3 is 0 Å². The highest BCUT2D eigenvalue weighted by atomic mass is 19.1. The van der Waals surface area contributed by atoms with Gasteiger partial charge >= 0.3 is 0 Å². The molecule has 0 saturated heterocycles. The molecule has 0 aliphatic heterocycles. The van der Waals surface area contributed by atoms with Gasteiger partial charge in [0.15, 0.2) is 6.29 Å². The van der Waals surface area contributed by atoms with Gasteiger partial charge in [0.1, 0.15) is 11.9 Å². The topological polar surface area (TPSA) is 45.8 Å². The summed E-state index contributed by atoms with van der Waals surface area (Å²) in [7, 11) is 0. The number of nitrogens with zero attached hydrogens (tertiary/aromatic N) is 1. The Labute approximate surface area is 75.3 Å². The second-order valence-electron chi connectivity index (χ2n) is 3.59. The third-order valence-electron chi connectivity index (χ3n) is 2.64. The number of aldehydes is 1. The first-order valence-corrected chi connectivity index (χ1v) is 4.37. The minimum absolute atomic E-state index is 0.0208. The van der Waals surface area contributed by atoms with Crippen molar-refractivity contribution in [3.8, 4) is 0 Å². The average Bonchev–Trinajstić information content (AvgIpc) is 2.48. The molecule has 70 valence electrons. The lowest BCUT2D eigenvalue weighted by Crippen LogP contribution is -2.24. The third kappa shape index (κ3) is 1.26. The molecular formula is C9H11FN2O. The molecule has 0 amide bonds. The van der Waals surface area contributed by atoms with Crippen LogP contribution in [-0.2, 0) is 12.8 Å². The maximum Gasteiger partial charge on any atom is 0.170 e. The van der Waals surface area contributed by atoms with Crippen molar-refractivity contribution in [2.75, 3.05) is 0 Å². The fourth-order valence-electron chi connectivity index (χ4n) is 1.76. The Morgan fingerprint density at radius 1 is 1.62 bits per heavy atom. The van der Waals surface area contributed by atoms with E-state index in [0.717, 1.165) is 11.3 Å². The Hall–Kier alpha value is -1.19. The van der Waals surface area contributed by atoms with E-state index in [-0.39, 0.29) is 5.92 Å². The van der Waals surface area contributed by atoms with Gasteiger partial charge in [-0.3, -0.25) is 9.89 Å². The van der Waals surface area contributed by atoms with Crippen LogP contribution in [0.5, 0.6) is 0 Å². The zero-order valence-electron chi connectivity index (χ0n) is 7.38. The van der Waals surface area contributed by atoms with Crippen molar-refractivity contribution >= 4 is 6.29 Å². The van der Waals surface area contributed by atoms with Crippen LogP contribution in [0.3, 0.4) is 0 Å². The summed E-state index contributed by atoms with van der Waals surface area (Å²) in [5.74, 6) is 0.0208. The standard InChI is InChI=1S/C9H11FN2O/c1-5-2-8-6(3-7(5)10)9(4-13)12-11-8/h4-5,7H,2-3H2,1H3,(H,11,12). The molecule has 2 rings (SSSR count). The molecule has 0 aromatic carbocycles. The average molecular weight is 182 g/mol. The molecule has 2 unspecified atom stereocenters. The van der Waals surface area contributed by atoms with E-state index >= 15 is 0 Å². The Kier molecular flexibility index (Phi) is 1.90. The van der Waals surface area contributed by atoms with Crippen molar-refractivity contribution in [1.29, 1.82) is 0 Å². The van der Waals surface area contributed by atoms with Crippen LogP contribution in [0, 0.1) is 5.92 Å². The van der Waals surface area contributed by atoms with Gasteiger partial charge in [0.05, 0.1) is 0 Å². The molecule has 0 fully saturated rings. The molecule has 1 aromatic rings. The van der Waals surface area contributed by atoms with Crippen LogP contribution in [0.4, 0.5) is 4.39 Å². The quantitative estimate of drug-likeness (QED) is 0.665. The summed E-state index contributed by atoms with van der Waals surface area (Å²) < 4.78 is 13.3. The Morgan fingerprint density at radius 3 is 3.08 bits per heavy atom. The predicted octanol–water partition coefficient (Wildman–Crippen LogP) is 1.30. The predicted molar refractivity (Wildman–Crippen MR) is 45.4 cm³/mol. The highest BCUT2D eigenvalue weighted by molar-refractivity contribution is 5.74. The molecule has 0 radical (unpaired) electrons. The van der Waals surface area contributed by atoms with E-state index in [1.54, 1.807) is 0 Å². The second kappa shape index (κ2) is 2.94. The van der Waals surface area contributed by atoms with E-state index in [1.807, 2.05) is 6.92 Å². The van der Waals surface area contributed by atoms with Crippen molar-refractivity contribution in [2.24, 2.45) is 5.92 Å². The summed E-state index contributed by atoms with van der Waals surface area (Å²) in [4.78, 5) is 10.5. The van der Waals surface area contributed by atoms with Crippen LogP contribution in [0.15, 0.2) is 0 Å². The minimum Gasteiger partial charge on any atom is -0.296 e. The first kappa shape index (κ1) is 8.41. The summed E-state index contributed by atoms with van der Waals surface area (Å²) >= 11 is 0. The molecule has 0 saturated carbocycles. The normalized spacial score (nSPS) is 26.9. The molecule has 1 aliphatic carbocycles. The lowest BCUT2D eigenvalue weighted by molar-refractivity contribution is 0.111. The van der Waals surface area contributed by atoms with E-state index in [1.165, 1.54) is 0 Å². The van der Waals surface area contributed by atoms with Crippen molar-refractivity contribution < 1.29 is 9.18 Å². The number of aromatic nitrogens is 2. The van der Waals surface area contributed by atoms with E-state index in [4.69, 9.17) is 0 Å². The first-order chi connectivity index (χ1) is 6.22. The molecule has 4 heteroatoms. The molecule has 2 atom stereocenters. The minimum atomic E-state index is -0.844. The lowest BCUT2D eigenvalue weighted by atomic mass is 9.87. The number of H-pyrrole nitrogens is 1. The number of carbonyl (C=O) groups is 1. The molecule has 3 nitrogen and oxygen atoms in total. The molecule has 0 spiro atoms. The lowest BCUT2D eigenvalue weighted by Gasteiger charge is -2.21. The van der Waals surface area contributed by atoms with Gasteiger partial charge in [0.2, 0.25) is 0 Å². The third-order valence-corrected chi connectivity index (χ3v) is 2.64. The molecule has 1 N–H and O–H groups in total. The van der Waals surface area contributed by atoms with Crippen LogP contribution in [0.1, 0.15) is 28.7 Å². The number of alkyl halides is 1. The number of halogens is 1. The van der Waals surface area contributed by atoms with Crippen LogP contribution in [0.25, 0.3) is 0 Å². The Bertz CT molecular complexity index is 334. The SMILES string of the molecule is CC1Cc2[nH]nc(C=O)c2CC1F. The molecule has 1 heterocycles. The summed E-state index contributed by atoms with van der Waals surface area (Å²) in [5, 5.41) is 6.61. The number of carbonyl (C=O) groups excluding carboxylic acids is 1. The van der Waals surface area contributed by atoms with E-state index in [0.29, 0.717) is 24.8 Å². The zero-order chi connectivity index (χ0) is 9.42. The van der Waals surface area contributed by atoms with Gasteiger partial charge in [-0.05, 0) is 12.3 Å². The number of hydrogen-bond acceptors (Lipinski definition) is 2. The Morgan fingerprint density at radius 2 is 2.38 bits per heavy atom. The number of aromatic amines is 1. The summed E-state index contributed by atoms with van der Waals surface area (Å²) in [6.07, 6.45) is 0.806. The fraction of sp³-hybridized carbons (Fsp3) is 0.556. The highest BCUT2D eigenvalue weighted by Gasteiger charge is 2.28. The maximum atomic E-state index is 13.3. The number of fused-ring (bicyclic) bond motifs is 1. The summed E-state index contributed by atoms with van der Waals surface area (Å²) in [5.41, 5.74) is 2.05. The summed E-state index contributed by atoms with van der Waals surface area (Å²) in [6, 6.07) is 0.